The van der Waals surface area contributed by atoms with Crippen molar-refractivity contribution in [3.63, 3.8) is 0 Å². The molecule has 0 aliphatic carbocycles. The molecule has 0 atom stereocenters. The second-order valence-electron chi connectivity index (χ2n) is 3.73. The van der Waals surface area contributed by atoms with Crippen LogP contribution >= 0.6 is 0 Å². The molecule has 25 heavy (non-hydrogen) atoms. The zero-order valence-corrected chi connectivity index (χ0v) is 25.3. The minimum atomic E-state index is 0. The van der Waals surface area contributed by atoms with E-state index in [9.17, 15) is 9.59 Å². The Balaban J connectivity index is -0.0000000243. The zero-order valence-electron chi connectivity index (χ0n) is 17.0. The summed E-state index contributed by atoms with van der Waals surface area (Å²) < 4.78 is 0. The summed E-state index contributed by atoms with van der Waals surface area (Å²) in [5.74, 6) is 0.231. The molecule has 0 N–H and O–H groups in total. The number of hydrogen-bond acceptors (Lipinski definition) is 2. The first-order valence-electron chi connectivity index (χ1n) is 6.32. The van der Waals surface area contributed by atoms with Crippen molar-refractivity contribution in [3.05, 3.63) is 89.2 Å². The summed E-state index contributed by atoms with van der Waals surface area (Å²) >= 11 is 0. The van der Waals surface area contributed by atoms with Crippen LogP contribution in [0.4, 0.5) is 0 Å². The summed E-state index contributed by atoms with van der Waals surface area (Å²) in [6, 6.07) is 12.5. The molecule has 0 amide bonds. The van der Waals surface area contributed by atoms with Crippen molar-refractivity contribution in [1.82, 2.24) is 0 Å². The number of benzene rings is 1. The molecule has 0 aliphatic heterocycles. The maximum absolute atomic E-state index is 10.0. The molecule has 1 aromatic rings. The summed E-state index contributed by atoms with van der Waals surface area (Å²) in [6.45, 7) is 21.9. The smallest absolute Gasteiger partial charge is 0.521 e. The molecule has 2 nitrogen and oxygen atoms in total. The van der Waals surface area contributed by atoms with Gasteiger partial charge in [0.15, 0.2) is 5.78 Å². The summed E-state index contributed by atoms with van der Waals surface area (Å²) in [6.07, 6.45) is 1.75. The van der Waals surface area contributed by atoms with Crippen LogP contribution in [0.5, 0.6) is 0 Å². The normalized spacial score (nSPS) is 5.48. The topological polar surface area (TPSA) is 34.1 Å². The van der Waals surface area contributed by atoms with Crippen molar-refractivity contribution in [3.8, 4) is 0 Å². The van der Waals surface area contributed by atoms with Crippen LogP contribution in [0, 0.1) is 89.7 Å². The fourth-order valence-electron chi connectivity index (χ4n) is 0.342. The number of rotatable bonds is 1. The standard InChI is InChI=1S/C6H5.C5H8O.C3H6O.C3H6.C2H3.2CH3.2U/c1-2-4-6-5-3-1;1-4(2)5(3)6;1-3(2)4;1-3-2;1-2;;;;/h1-5H;1H2,2-3H3;1-2H3;3H,1H2,2H3;1H,2H2;2*1H3;;/q-1;;;;3*-1;2*+2. The van der Waals surface area contributed by atoms with Crippen molar-refractivity contribution in [1.29, 1.82) is 0 Å². The maximum Gasteiger partial charge on any atom is 2.00 e. The van der Waals surface area contributed by atoms with E-state index in [-0.39, 0.29) is 88.6 Å². The number of ketones is 2. The van der Waals surface area contributed by atoms with Crippen LogP contribution in [0.1, 0.15) is 34.6 Å². The van der Waals surface area contributed by atoms with E-state index in [1.165, 1.54) is 20.8 Å². The van der Waals surface area contributed by atoms with Gasteiger partial charge >= 0.3 is 62.2 Å². The number of Topliss-reactive ketones (excluding diaryl/α,β-unsaturated/α-hetero) is 2. The monoisotopic (exact) mass is 794 g/mol. The van der Waals surface area contributed by atoms with Crippen LogP contribution in [-0.4, -0.2) is 11.6 Å². The molecule has 0 radical (unpaired) electrons. The maximum atomic E-state index is 10.0. The van der Waals surface area contributed by atoms with Crippen molar-refractivity contribution >= 4 is 11.6 Å². The Hall–Kier alpha value is -0.116. The minimum Gasteiger partial charge on any atom is -0.521 e. The molecule has 0 aliphatic rings. The van der Waals surface area contributed by atoms with Gasteiger partial charge in [0, 0.05) is 0 Å². The molecule has 1 rings (SSSR count). The van der Waals surface area contributed by atoms with Crippen LogP contribution in [0.2, 0.25) is 0 Å². The van der Waals surface area contributed by atoms with Gasteiger partial charge in [0.25, 0.3) is 0 Å². The average molecular weight is 795 g/mol. The van der Waals surface area contributed by atoms with Crippen molar-refractivity contribution < 1.29 is 71.8 Å². The van der Waals surface area contributed by atoms with Crippen LogP contribution in [0.3, 0.4) is 0 Å². The van der Waals surface area contributed by atoms with Crippen molar-refractivity contribution in [2.24, 2.45) is 0 Å². The molecule has 0 unspecified atom stereocenters. The number of allylic oxidation sites excluding steroid dienone is 2. The molecule has 0 spiro atoms. The van der Waals surface area contributed by atoms with Gasteiger partial charge in [-0.1, -0.05) is 12.7 Å². The van der Waals surface area contributed by atoms with Gasteiger partial charge in [-0.05, 0) is 40.2 Å². The summed E-state index contributed by atoms with van der Waals surface area (Å²) in [7, 11) is 0. The van der Waals surface area contributed by atoms with E-state index in [1.54, 1.807) is 13.0 Å². The molecule has 0 bridgehead atoms. The first kappa shape index (κ1) is 49.8. The largest absolute Gasteiger partial charge is 2.00 e. The first-order chi connectivity index (χ1) is 9.79. The fourth-order valence-corrected chi connectivity index (χ4v) is 0.342. The minimum absolute atomic E-state index is 0. The van der Waals surface area contributed by atoms with E-state index in [0.717, 1.165) is 0 Å². The number of carbonyl (C=O) groups is 2. The van der Waals surface area contributed by atoms with Gasteiger partial charge in [0.2, 0.25) is 0 Å². The quantitative estimate of drug-likeness (QED) is 0.201. The van der Waals surface area contributed by atoms with E-state index >= 15 is 0 Å². The molecule has 0 heterocycles. The summed E-state index contributed by atoms with van der Waals surface area (Å²) in [5.41, 5.74) is 0.620. The third-order valence-electron chi connectivity index (χ3n) is 1.21. The van der Waals surface area contributed by atoms with Gasteiger partial charge in [-0.3, -0.25) is 11.4 Å². The molecular formula is C21H34O2U2. The van der Waals surface area contributed by atoms with Crippen molar-refractivity contribution in [2.45, 2.75) is 34.6 Å². The van der Waals surface area contributed by atoms with E-state index in [1.807, 2.05) is 37.3 Å². The van der Waals surface area contributed by atoms with E-state index in [2.05, 4.69) is 32.4 Å². The Bertz CT molecular complexity index is 332. The molecule has 4 heteroatoms. The molecule has 0 saturated heterocycles. The van der Waals surface area contributed by atoms with Crippen LogP contribution in [0.25, 0.3) is 0 Å². The average Bonchev–Trinajstić information content (AvgIpc) is 2.44. The third-order valence-corrected chi connectivity index (χ3v) is 1.21. The van der Waals surface area contributed by atoms with Gasteiger partial charge in [-0.2, -0.15) is 36.4 Å². The Kier molecular flexibility index (Phi) is 98.7. The van der Waals surface area contributed by atoms with E-state index in [0.29, 0.717) is 5.57 Å². The van der Waals surface area contributed by atoms with Gasteiger partial charge in [-0.25, -0.2) is 0 Å². The van der Waals surface area contributed by atoms with Gasteiger partial charge in [0.1, 0.15) is 5.78 Å². The molecule has 0 fully saturated rings. The molecule has 138 valence electrons. The Morgan fingerprint density at radius 3 is 1.16 bits per heavy atom. The molecule has 0 saturated carbocycles. The van der Waals surface area contributed by atoms with Crippen LogP contribution in [-0.2, 0) is 9.59 Å². The summed E-state index contributed by atoms with van der Waals surface area (Å²) in [5, 5.41) is 0. The number of hydrogen-bond donors (Lipinski definition) is 0. The van der Waals surface area contributed by atoms with Crippen molar-refractivity contribution in [2.75, 3.05) is 0 Å². The number of carbonyl (C=O) groups excluding carboxylic acids is 2. The second-order valence-corrected chi connectivity index (χ2v) is 3.73. The Morgan fingerprint density at radius 1 is 0.920 bits per heavy atom. The second kappa shape index (κ2) is 49.6. The van der Waals surface area contributed by atoms with Gasteiger partial charge < -0.3 is 26.2 Å². The van der Waals surface area contributed by atoms with E-state index < -0.39 is 0 Å². The van der Waals surface area contributed by atoms with E-state index in [4.69, 9.17) is 0 Å². The van der Waals surface area contributed by atoms with Crippen LogP contribution < -0.4 is 0 Å². The Morgan fingerprint density at radius 2 is 1.12 bits per heavy atom. The van der Waals surface area contributed by atoms with Crippen LogP contribution in [0.15, 0.2) is 61.7 Å². The predicted octanol–water partition coefficient (Wildman–Crippen LogP) is 5.93. The fraction of sp³-hybridized carbons (Fsp3) is 0.238. The molecular weight excluding hydrogens is 760 g/mol. The van der Waals surface area contributed by atoms with Gasteiger partial charge in [0.05, 0.1) is 0 Å². The van der Waals surface area contributed by atoms with Gasteiger partial charge in [-0.15, -0.1) is 6.58 Å². The molecule has 1 aromatic carbocycles. The third kappa shape index (κ3) is 117. The predicted molar refractivity (Wildman–Crippen MR) is 106 cm³/mol. The first-order valence-corrected chi connectivity index (χ1v) is 6.32. The SMILES string of the molecule is C=C(C)C(C)=O.C=CC.CC(C)=O.[CH-]=C.[CH3-].[CH3-].[U+2].[U+2].[c-]1ccccc1. The Labute approximate surface area is 205 Å². The summed E-state index contributed by atoms with van der Waals surface area (Å²) in [4.78, 5) is 19.5. The zero-order chi connectivity index (χ0) is 17.7. The molecule has 0 aromatic heterocycles.